The molecule has 3 aromatic carbocycles. The Hall–Kier alpha value is -3.37. The lowest BCUT2D eigenvalue weighted by Gasteiger charge is -2.33. The summed E-state index contributed by atoms with van der Waals surface area (Å²) >= 11 is 0. The van der Waals surface area contributed by atoms with Gasteiger partial charge in [-0.3, -0.25) is 4.90 Å². The van der Waals surface area contributed by atoms with Gasteiger partial charge in [0.1, 0.15) is 17.4 Å². The van der Waals surface area contributed by atoms with Crippen molar-refractivity contribution in [3.63, 3.8) is 0 Å². The van der Waals surface area contributed by atoms with E-state index < -0.39 is 28.3 Å². The molecule has 10 heteroatoms. The quantitative estimate of drug-likeness (QED) is 0.390. The molecule has 0 aliphatic carbocycles. The summed E-state index contributed by atoms with van der Waals surface area (Å²) in [6.07, 6.45) is 1.11. The molecule has 0 saturated heterocycles. The fourth-order valence-electron chi connectivity index (χ4n) is 4.61. The first-order chi connectivity index (χ1) is 16.6. The molecule has 1 atom stereocenters. The number of sulfone groups is 1. The molecule has 1 aromatic heterocycles. The highest BCUT2D eigenvalue weighted by Gasteiger charge is 2.30. The summed E-state index contributed by atoms with van der Waals surface area (Å²) in [4.78, 5) is 6.79. The Bertz CT molecular complexity index is 1520. The molecule has 35 heavy (non-hydrogen) atoms. The number of alkyl halides is 2. The maximum Gasteiger partial charge on any atom is 0.387 e. The predicted molar refractivity (Wildman–Crippen MR) is 126 cm³/mol. The van der Waals surface area contributed by atoms with Gasteiger partial charge in [-0.1, -0.05) is 30.3 Å². The highest BCUT2D eigenvalue weighted by molar-refractivity contribution is 7.90. The molecule has 182 valence electrons. The van der Waals surface area contributed by atoms with Crippen LogP contribution in [0.5, 0.6) is 5.75 Å². The maximum absolute atomic E-state index is 15.1. The van der Waals surface area contributed by atoms with Crippen molar-refractivity contribution in [3.8, 4) is 16.9 Å². The van der Waals surface area contributed by atoms with E-state index in [0.29, 0.717) is 41.1 Å². The summed E-state index contributed by atoms with van der Waals surface area (Å²) in [6, 6.07) is 15.3. The van der Waals surface area contributed by atoms with Crippen LogP contribution in [0.3, 0.4) is 0 Å². The number of hydrogen-bond donors (Lipinski definition) is 0. The number of imidazole rings is 1. The molecule has 4 aromatic rings. The van der Waals surface area contributed by atoms with Gasteiger partial charge in [-0.05, 0) is 36.9 Å². The van der Waals surface area contributed by atoms with E-state index in [0.717, 1.165) is 6.26 Å². The minimum atomic E-state index is -3.38. The Kier molecular flexibility index (Phi) is 5.80. The van der Waals surface area contributed by atoms with Crippen molar-refractivity contribution in [3.05, 3.63) is 77.9 Å². The minimum Gasteiger partial charge on any atom is -0.434 e. The normalized spacial score (nSPS) is 16.6. The van der Waals surface area contributed by atoms with E-state index in [1.54, 1.807) is 36.4 Å². The molecule has 1 unspecified atom stereocenters. The van der Waals surface area contributed by atoms with Crippen LogP contribution in [0.1, 0.15) is 17.4 Å². The maximum atomic E-state index is 15.1. The van der Waals surface area contributed by atoms with Crippen LogP contribution in [0.15, 0.2) is 65.6 Å². The second-order valence-corrected chi connectivity index (χ2v) is 10.7. The Balaban J connectivity index is 1.67. The summed E-state index contributed by atoms with van der Waals surface area (Å²) in [7, 11) is -1.48. The Morgan fingerprint density at radius 3 is 2.49 bits per heavy atom. The van der Waals surface area contributed by atoms with Crippen LogP contribution in [0.2, 0.25) is 0 Å². The smallest absolute Gasteiger partial charge is 0.387 e. The largest absolute Gasteiger partial charge is 0.434 e. The van der Waals surface area contributed by atoms with Gasteiger partial charge >= 0.3 is 6.61 Å². The summed E-state index contributed by atoms with van der Waals surface area (Å²) in [5.74, 6) is 0.260. The zero-order valence-electron chi connectivity index (χ0n) is 19.0. The molecule has 5 rings (SSSR count). The van der Waals surface area contributed by atoms with Crippen LogP contribution in [-0.4, -0.2) is 49.3 Å². The Labute approximate surface area is 200 Å². The lowest BCUT2D eigenvalue weighted by Crippen LogP contribution is -2.35. The van der Waals surface area contributed by atoms with Gasteiger partial charge in [-0.25, -0.2) is 17.8 Å². The van der Waals surface area contributed by atoms with E-state index in [-0.39, 0.29) is 16.2 Å². The number of nitrogens with zero attached hydrogens (tertiary/aromatic N) is 3. The second kappa shape index (κ2) is 8.69. The van der Waals surface area contributed by atoms with E-state index in [1.165, 1.54) is 24.3 Å². The first kappa shape index (κ1) is 23.4. The lowest BCUT2D eigenvalue weighted by atomic mass is 10.0. The number of ether oxygens (including phenoxy) is 1. The predicted octanol–water partition coefficient (Wildman–Crippen LogP) is 4.88. The van der Waals surface area contributed by atoms with Gasteiger partial charge in [-0.2, -0.15) is 8.78 Å². The number of benzene rings is 3. The summed E-state index contributed by atoms with van der Waals surface area (Å²) in [5, 5.41) is 0. The summed E-state index contributed by atoms with van der Waals surface area (Å²) in [6.45, 7) is -1.95. The number of halogens is 3. The number of rotatable bonds is 5. The molecule has 0 spiro atoms. The van der Waals surface area contributed by atoms with Crippen molar-refractivity contribution in [2.45, 2.75) is 24.1 Å². The van der Waals surface area contributed by atoms with E-state index in [9.17, 15) is 17.2 Å². The van der Waals surface area contributed by atoms with E-state index in [1.807, 2.05) is 16.5 Å². The SMILES string of the molecule is CN1Cc2nc3cc(F)c(-c4ccc(S(C)(=O)=O)cc4)cc3n2C(c2ccccc2OC(F)F)C1. The molecule has 0 amide bonds. The van der Waals surface area contributed by atoms with Gasteiger partial charge in [0, 0.05) is 30.0 Å². The molecule has 1 aliphatic heterocycles. The molecule has 2 heterocycles. The van der Waals surface area contributed by atoms with E-state index in [2.05, 4.69) is 4.98 Å². The molecule has 0 N–H and O–H groups in total. The minimum absolute atomic E-state index is 0.0781. The van der Waals surface area contributed by atoms with Crippen molar-refractivity contribution < 1.29 is 26.3 Å². The first-order valence-electron chi connectivity index (χ1n) is 10.8. The molecular formula is C25H22F3N3O3S. The van der Waals surface area contributed by atoms with Gasteiger partial charge in [-0.15, -0.1) is 0 Å². The average Bonchev–Trinajstić information content (AvgIpc) is 3.14. The van der Waals surface area contributed by atoms with E-state index in [4.69, 9.17) is 4.74 Å². The molecular weight excluding hydrogens is 479 g/mol. The van der Waals surface area contributed by atoms with Gasteiger partial charge in [0.05, 0.1) is 28.5 Å². The van der Waals surface area contributed by atoms with Crippen molar-refractivity contribution in [1.82, 2.24) is 14.5 Å². The zero-order chi connectivity index (χ0) is 24.9. The van der Waals surface area contributed by atoms with Gasteiger partial charge in [0.25, 0.3) is 0 Å². The number of fused-ring (bicyclic) bond motifs is 3. The van der Waals surface area contributed by atoms with Gasteiger partial charge in [0.2, 0.25) is 0 Å². The number of para-hydroxylation sites is 1. The number of hydrogen-bond acceptors (Lipinski definition) is 5. The van der Waals surface area contributed by atoms with E-state index >= 15 is 4.39 Å². The van der Waals surface area contributed by atoms with Crippen LogP contribution < -0.4 is 4.74 Å². The Morgan fingerprint density at radius 1 is 1.09 bits per heavy atom. The van der Waals surface area contributed by atoms with Crippen LogP contribution in [0.4, 0.5) is 13.2 Å². The van der Waals surface area contributed by atoms with Gasteiger partial charge in [0.15, 0.2) is 9.84 Å². The van der Waals surface area contributed by atoms with Crippen LogP contribution in [0, 0.1) is 5.82 Å². The van der Waals surface area contributed by atoms with Crippen LogP contribution in [-0.2, 0) is 16.4 Å². The van der Waals surface area contributed by atoms with Crippen molar-refractivity contribution in [1.29, 1.82) is 0 Å². The molecule has 0 radical (unpaired) electrons. The third-order valence-electron chi connectivity index (χ3n) is 6.15. The topological polar surface area (TPSA) is 64.4 Å². The molecule has 1 aliphatic rings. The Morgan fingerprint density at radius 2 is 1.80 bits per heavy atom. The number of likely N-dealkylation sites (N-methyl/N-ethyl adjacent to an activating group) is 1. The second-order valence-electron chi connectivity index (χ2n) is 8.64. The van der Waals surface area contributed by atoms with Crippen molar-refractivity contribution in [2.24, 2.45) is 0 Å². The molecule has 6 nitrogen and oxygen atoms in total. The highest BCUT2D eigenvalue weighted by atomic mass is 32.2. The zero-order valence-corrected chi connectivity index (χ0v) is 19.8. The van der Waals surface area contributed by atoms with Crippen molar-refractivity contribution >= 4 is 20.9 Å². The number of aromatic nitrogens is 2. The fourth-order valence-corrected chi connectivity index (χ4v) is 5.24. The average molecular weight is 502 g/mol. The summed E-state index contributed by atoms with van der Waals surface area (Å²) < 4.78 is 71.6. The lowest BCUT2D eigenvalue weighted by molar-refractivity contribution is -0.0508. The van der Waals surface area contributed by atoms with Crippen LogP contribution >= 0.6 is 0 Å². The van der Waals surface area contributed by atoms with Crippen LogP contribution in [0.25, 0.3) is 22.2 Å². The van der Waals surface area contributed by atoms with Crippen molar-refractivity contribution in [2.75, 3.05) is 19.8 Å². The molecule has 0 fully saturated rings. The highest BCUT2D eigenvalue weighted by Crippen LogP contribution is 2.38. The fraction of sp³-hybridized carbons (Fsp3) is 0.240. The van der Waals surface area contributed by atoms with Gasteiger partial charge < -0.3 is 9.30 Å². The third-order valence-corrected chi connectivity index (χ3v) is 7.27. The standard InChI is InChI=1S/C25H22F3N3O3S/c1-30-13-22(17-5-3-4-6-23(17)34-25(27)28)31-21-11-18(19(26)12-20(21)29-24(31)14-30)15-7-9-16(10-8-15)35(2,32)33/h3-12,22,25H,13-14H2,1-2H3. The molecule has 0 bridgehead atoms. The summed E-state index contributed by atoms with van der Waals surface area (Å²) in [5.41, 5.74) is 2.46. The third kappa shape index (κ3) is 4.39. The molecule has 0 saturated carbocycles. The monoisotopic (exact) mass is 501 g/mol. The first-order valence-corrected chi connectivity index (χ1v) is 12.7.